The van der Waals surface area contributed by atoms with Crippen LogP contribution in [0.5, 0.6) is 0 Å². The van der Waals surface area contributed by atoms with E-state index in [1.54, 1.807) is 12.1 Å². The highest BCUT2D eigenvalue weighted by molar-refractivity contribution is 6.31. The van der Waals surface area contributed by atoms with Crippen LogP contribution in [0.2, 0.25) is 5.02 Å². The lowest BCUT2D eigenvalue weighted by molar-refractivity contribution is 0.226. The van der Waals surface area contributed by atoms with Crippen molar-refractivity contribution in [1.29, 1.82) is 0 Å². The van der Waals surface area contributed by atoms with Gasteiger partial charge in [-0.1, -0.05) is 29.8 Å². The molecule has 2 aromatic heterocycles. The number of halogens is 2. The third-order valence-corrected chi connectivity index (χ3v) is 5.53. The van der Waals surface area contributed by atoms with Crippen LogP contribution in [0, 0.1) is 19.7 Å². The number of aromatic nitrogens is 6. The Morgan fingerprint density at radius 1 is 1.03 bits per heavy atom. The molecule has 160 valence electrons. The lowest BCUT2D eigenvalue weighted by Crippen LogP contribution is -2.23. The summed E-state index contributed by atoms with van der Waals surface area (Å²) in [6.45, 7) is 5.86. The fourth-order valence-electron chi connectivity index (χ4n) is 3.46. The van der Waals surface area contributed by atoms with Gasteiger partial charge in [0.15, 0.2) is 0 Å². The molecule has 4 aromatic rings. The molecular formula is C22H23ClFN7. The zero-order valence-corrected chi connectivity index (χ0v) is 18.4. The molecule has 0 amide bonds. The van der Waals surface area contributed by atoms with Gasteiger partial charge in [0, 0.05) is 28.4 Å². The van der Waals surface area contributed by atoms with Crippen LogP contribution in [0.25, 0.3) is 11.4 Å². The lowest BCUT2D eigenvalue weighted by atomic mass is 10.2. The van der Waals surface area contributed by atoms with Crippen molar-refractivity contribution in [3.8, 4) is 11.4 Å². The van der Waals surface area contributed by atoms with E-state index < -0.39 is 0 Å². The number of benzene rings is 2. The van der Waals surface area contributed by atoms with E-state index in [1.807, 2.05) is 42.9 Å². The zero-order chi connectivity index (χ0) is 22.0. The molecule has 0 aliphatic heterocycles. The molecule has 0 saturated carbocycles. The first-order valence-electron chi connectivity index (χ1n) is 9.89. The Hall–Kier alpha value is -3.10. The third kappa shape index (κ3) is 4.81. The minimum atomic E-state index is -0.295. The average molecular weight is 440 g/mol. The zero-order valence-electron chi connectivity index (χ0n) is 17.6. The predicted molar refractivity (Wildman–Crippen MR) is 117 cm³/mol. The van der Waals surface area contributed by atoms with E-state index in [0.29, 0.717) is 25.6 Å². The second-order valence-corrected chi connectivity index (χ2v) is 7.95. The number of aryl methyl sites for hydroxylation is 1. The molecule has 4 rings (SSSR count). The van der Waals surface area contributed by atoms with Gasteiger partial charge in [0.2, 0.25) is 5.82 Å². The second-order valence-electron chi connectivity index (χ2n) is 7.55. The molecule has 0 aliphatic rings. The molecule has 7 nitrogen and oxygen atoms in total. The number of rotatable bonds is 7. The molecule has 0 bridgehead atoms. The summed E-state index contributed by atoms with van der Waals surface area (Å²) in [6, 6.07) is 13.9. The number of tetrazole rings is 1. The normalized spacial score (nSPS) is 11.4. The van der Waals surface area contributed by atoms with Crippen molar-refractivity contribution in [2.75, 3.05) is 7.05 Å². The molecule has 0 atom stereocenters. The summed E-state index contributed by atoms with van der Waals surface area (Å²) in [5, 5.41) is 18.0. The Kier molecular flexibility index (Phi) is 6.11. The van der Waals surface area contributed by atoms with Crippen LogP contribution in [0.3, 0.4) is 0 Å². The summed E-state index contributed by atoms with van der Waals surface area (Å²) in [7, 11) is 1.99. The lowest BCUT2D eigenvalue weighted by Gasteiger charge is -2.16. The van der Waals surface area contributed by atoms with Gasteiger partial charge < -0.3 is 0 Å². The van der Waals surface area contributed by atoms with Gasteiger partial charge in [-0.15, -0.1) is 15.0 Å². The van der Waals surface area contributed by atoms with Crippen molar-refractivity contribution in [2.45, 2.75) is 33.6 Å². The highest BCUT2D eigenvalue weighted by atomic mass is 35.5. The van der Waals surface area contributed by atoms with Gasteiger partial charge >= 0.3 is 0 Å². The number of nitrogens with zero attached hydrogens (tertiary/aromatic N) is 7. The standard InChI is InChI=1S/C22H23ClFN7/c1-15-20(16(2)30(26-15)12-18-6-4-5-7-21(18)23)13-29(3)14-31-27-22(25-28-31)17-8-10-19(24)11-9-17/h4-11H,12-14H2,1-3H3. The molecule has 0 N–H and O–H groups in total. The van der Waals surface area contributed by atoms with Crippen molar-refractivity contribution < 1.29 is 4.39 Å². The molecule has 0 fully saturated rings. The van der Waals surface area contributed by atoms with Gasteiger partial charge in [-0.25, -0.2) is 4.39 Å². The van der Waals surface area contributed by atoms with Crippen molar-refractivity contribution in [3.63, 3.8) is 0 Å². The Bertz CT molecular complexity index is 1180. The third-order valence-electron chi connectivity index (χ3n) is 5.16. The van der Waals surface area contributed by atoms with Crippen LogP contribution < -0.4 is 0 Å². The van der Waals surface area contributed by atoms with E-state index in [2.05, 4.69) is 27.2 Å². The first kappa shape index (κ1) is 21.1. The Morgan fingerprint density at radius 2 is 1.77 bits per heavy atom. The van der Waals surface area contributed by atoms with E-state index in [1.165, 1.54) is 16.9 Å². The van der Waals surface area contributed by atoms with E-state index >= 15 is 0 Å². The quantitative estimate of drug-likeness (QED) is 0.434. The molecule has 2 aromatic carbocycles. The first-order chi connectivity index (χ1) is 14.9. The van der Waals surface area contributed by atoms with Gasteiger partial charge in [0.1, 0.15) is 12.5 Å². The monoisotopic (exact) mass is 439 g/mol. The van der Waals surface area contributed by atoms with Gasteiger partial charge in [0.05, 0.1) is 12.2 Å². The van der Waals surface area contributed by atoms with Crippen molar-refractivity contribution in [2.24, 2.45) is 0 Å². The summed E-state index contributed by atoms with van der Waals surface area (Å²) in [5.74, 6) is 0.171. The Labute approximate surface area is 185 Å². The Morgan fingerprint density at radius 3 is 2.52 bits per heavy atom. The van der Waals surface area contributed by atoms with Gasteiger partial charge in [-0.2, -0.15) is 5.10 Å². The van der Waals surface area contributed by atoms with E-state index in [0.717, 1.165) is 33.1 Å². The Balaban J connectivity index is 1.44. The molecule has 0 spiro atoms. The highest BCUT2D eigenvalue weighted by Gasteiger charge is 2.15. The van der Waals surface area contributed by atoms with Crippen molar-refractivity contribution in [3.05, 3.63) is 81.9 Å². The smallest absolute Gasteiger partial charge is 0.204 e. The van der Waals surface area contributed by atoms with Gasteiger partial charge in [-0.3, -0.25) is 9.58 Å². The summed E-state index contributed by atoms with van der Waals surface area (Å²) < 4.78 is 15.1. The first-order valence-corrected chi connectivity index (χ1v) is 10.3. The molecule has 9 heteroatoms. The largest absolute Gasteiger partial charge is 0.281 e. The second kappa shape index (κ2) is 8.95. The molecule has 2 heterocycles. The van der Waals surface area contributed by atoms with Gasteiger partial charge in [0.25, 0.3) is 0 Å². The summed E-state index contributed by atoms with van der Waals surface area (Å²) in [4.78, 5) is 3.62. The fraction of sp³-hybridized carbons (Fsp3) is 0.273. The van der Waals surface area contributed by atoms with Gasteiger partial charge in [-0.05, 0) is 62.0 Å². The molecule has 31 heavy (non-hydrogen) atoms. The number of hydrogen-bond donors (Lipinski definition) is 0. The minimum Gasteiger partial charge on any atom is -0.281 e. The molecule has 0 saturated heterocycles. The molecule has 0 aliphatic carbocycles. The van der Waals surface area contributed by atoms with Crippen LogP contribution >= 0.6 is 11.6 Å². The maximum absolute atomic E-state index is 13.1. The van der Waals surface area contributed by atoms with E-state index in [-0.39, 0.29) is 5.82 Å². The highest BCUT2D eigenvalue weighted by Crippen LogP contribution is 2.20. The number of hydrogen-bond acceptors (Lipinski definition) is 5. The summed E-state index contributed by atoms with van der Waals surface area (Å²) >= 11 is 6.31. The average Bonchev–Trinajstić information content (AvgIpc) is 3.30. The van der Waals surface area contributed by atoms with E-state index in [4.69, 9.17) is 16.7 Å². The molecule has 0 radical (unpaired) electrons. The fourth-order valence-corrected chi connectivity index (χ4v) is 3.65. The van der Waals surface area contributed by atoms with Crippen molar-refractivity contribution >= 4 is 11.6 Å². The predicted octanol–water partition coefficient (Wildman–Crippen LogP) is 4.08. The maximum atomic E-state index is 13.1. The molecule has 0 unspecified atom stereocenters. The minimum absolute atomic E-state index is 0.295. The topological polar surface area (TPSA) is 64.7 Å². The SMILES string of the molecule is Cc1nn(Cc2ccccc2Cl)c(C)c1CN(C)Cn1nnc(-c2ccc(F)cc2)n1. The molecular weight excluding hydrogens is 417 g/mol. The van der Waals surface area contributed by atoms with Crippen LogP contribution in [-0.2, 0) is 19.8 Å². The van der Waals surface area contributed by atoms with Crippen molar-refractivity contribution in [1.82, 2.24) is 34.9 Å². The van der Waals surface area contributed by atoms with Crippen LogP contribution in [0.1, 0.15) is 22.5 Å². The maximum Gasteiger partial charge on any atom is 0.204 e. The van der Waals surface area contributed by atoms with Crippen LogP contribution in [0.15, 0.2) is 48.5 Å². The summed E-state index contributed by atoms with van der Waals surface area (Å²) in [5.41, 5.74) is 5.00. The van der Waals surface area contributed by atoms with Crippen LogP contribution in [0.4, 0.5) is 4.39 Å². The van der Waals surface area contributed by atoms with Crippen LogP contribution in [-0.4, -0.2) is 41.9 Å². The van der Waals surface area contributed by atoms with E-state index in [9.17, 15) is 4.39 Å². The summed E-state index contributed by atoms with van der Waals surface area (Å²) in [6.07, 6.45) is 0.